The number of phenols is 1. The number of aromatic nitrogens is 2. The number of rotatable bonds is 4. The quantitative estimate of drug-likeness (QED) is 0.857. The number of aromatic hydroxyl groups is 1. The molecule has 0 aliphatic carbocycles. The molecule has 5 nitrogen and oxygen atoms in total. The molecule has 0 unspecified atom stereocenters. The number of phenolic OH excluding ortho intramolecular Hbond substituents is 1. The van der Waals surface area contributed by atoms with Crippen LogP contribution in [0.3, 0.4) is 0 Å². The summed E-state index contributed by atoms with van der Waals surface area (Å²) in [5.74, 6) is 1.42. The highest BCUT2D eigenvalue weighted by atomic mass is 16.5. The summed E-state index contributed by atoms with van der Waals surface area (Å²) < 4.78 is 5.23. The number of benzene rings is 1. The van der Waals surface area contributed by atoms with E-state index in [9.17, 15) is 5.11 Å². The average Bonchev–Trinajstić information content (AvgIpc) is 2.81. The zero-order valence-electron chi connectivity index (χ0n) is 10.6. The van der Waals surface area contributed by atoms with E-state index in [-0.39, 0.29) is 11.2 Å². The van der Waals surface area contributed by atoms with Crippen molar-refractivity contribution in [2.45, 2.75) is 25.7 Å². The van der Waals surface area contributed by atoms with Crippen molar-refractivity contribution in [1.82, 2.24) is 10.1 Å². The van der Waals surface area contributed by atoms with Crippen molar-refractivity contribution < 1.29 is 9.63 Å². The van der Waals surface area contributed by atoms with Crippen LogP contribution in [0.15, 0.2) is 28.8 Å². The Hall–Kier alpha value is -1.88. The Kier molecular flexibility index (Phi) is 3.34. The first-order valence-corrected chi connectivity index (χ1v) is 5.82. The fraction of sp³-hybridized carbons (Fsp3) is 0.385. The van der Waals surface area contributed by atoms with Crippen LogP contribution in [-0.4, -0.2) is 21.8 Å². The monoisotopic (exact) mass is 247 g/mol. The van der Waals surface area contributed by atoms with Gasteiger partial charge < -0.3 is 15.4 Å². The van der Waals surface area contributed by atoms with Crippen LogP contribution >= 0.6 is 0 Å². The third-order valence-corrected chi connectivity index (χ3v) is 2.86. The summed E-state index contributed by atoms with van der Waals surface area (Å²) in [6.07, 6.45) is 0.574. The lowest BCUT2D eigenvalue weighted by molar-refractivity contribution is 0.309. The summed E-state index contributed by atoms with van der Waals surface area (Å²) in [5.41, 5.74) is 6.38. The van der Waals surface area contributed by atoms with Gasteiger partial charge in [-0.2, -0.15) is 4.98 Å². The van der Waals surface area contributed by atoms with Crippen molar-refractivity contribution in [2.75, 3.05) is 6.54 Å². The lowest BCUT2D eigenvalue weighted by Gasteiger charge is -2.15. The van der Waals surface area contributed by atoms with Crippen LogP contribution in [0.5, 0.6) is 5.75 Å². The molecule has 1 aromatic heterocycles. The summed E-state index contributed by atoms with van der Waals surface area (Å²) in [6.45, 7) is 4.38. The lowest BCUT2D eigenvalue weighted by atomic mass is 9.94. The van der Waals surface area contributed by atoms with Crippen LogP contribution in [0, 0.1) is 0 Å². The van der Waals surface area contributed by atoms with Gasteiger partial charge in [0.05, 0.1) is 5.41 Å². The molecule has 2 aromatic rings. The highest BCUT2D eigenvalue weighted by Crippen LogP contribution is 2.20. The average molecular weight is 247 g/mol. The second-order valence-corrected chi connectivity index (χ2v) is 4.95. The van der Waals surface area contributed by atoms with Crippen molar-refractivity contribution in [1.29, 1.82) is 0 Å². The van der Waals surface area contributed by atoms with Crippen LogP contribution in [0.2, 0.25) is 0 Å². The Morgan fingerprint density at radius 1 is 1.28 bits per heavy atom. The van der Waals surface area contributed by atoms with Gasteiger partial charge in [0.25, 0.3) is 0 Å². The van der Waals surface area contributed by atoms with Gasteiger partial charge in [0.1, 0.15) is 5.75 Å². The standard InChI is InChI=1S/C13H17N3O2/c1-13(2,8-14)12-15-11(16-18-12)7-9-3-5-10(17)6-4-9/h3-6,17H,7-8,14H2,1-2H3. The second-order valence-electron chi connectivity index (χ2n) is 4.95. The Balaban J connectivity index is 2.14. The minimum absolute atomic E-state index is 0.247. The zero-order valence-corrected chi connectivity index (χ0v) is 10.6. The predicted octanol–water partition coefficient (Wildman–Crippen LogP) is 1.60. The molecular weight excluding hydrogens is 230 g/mol. The molecule has 2 rings (SSSR count). The van der Waals surface area contributed by atoms with Gasteiger partial charge in [-0.1, -0.05) is 17.3 Å². The van der Waals surface area contributed by atoms with Gasteiger partial charge in [-0.3, -0.25) is 0 Å². The van der Waals surface area contributed by atoms with Gasteiger partial charge in [0.2, 0.25) is 5.89 Å². The van der Waals surface area contributed by atoms with Crippen LogP contribution in [0.25, 0.3) is 0 Å². The second kappa shape index (κ2) is 4.78. The number of nitrogens with zero attached hydrogens (tertiary/aromatic N) is 2. The molecule has 18 heavy (non-hydrogen) atoms. The van der Waals surface area contributed by atoms with E-state index in [1.54, 1.807) is 12.1 Å². The van der Waals surface area contributed by atoms with Crippen molar-refractivity contribution in [3.63, 3.8) is 0 Å². The molecule has 0 fully saturated rings. The molecule has 96 valence electrons. The summed E-state index contributed by atoms with van der Waals surface area (Å²) in [6, 6.07) is 6.94. The smallest absolute Gasteiger partial charge is 0.233 e. The fourth-order valence-corrected chi connectivity index (χ4v) is 1.48. The van der Waals surface area contributed by atoms with E-state index in [2.05, 4.69) is 10.1 Å². The van der Waals surface area contributed by atoms with Gasteiger partial charge in [-0.15, -0.1) is 0 Å². The third kappa shape index (κ3) is 2.68. The molecule has 0 aliphatic heterocycles. The molecule has 3 N–H and O–H groups in total. The first-order valence-electron chi connectivity index (χ1n) is 5.82. The maximum absolute atomic E-state index is 9.20. The molecule has 5 heteroatoms. The van der Waals surface area contributed by atoms with Gasteiger partial charge in [0, 0.05) is 13.0 Å². The summed E-state index contributed by atoms with van der Waals surface area (Å²) >= 11 is 0. The third-order valence-electron chi connectivity index (χ3n) is 2.86. The molecule has 0 spiro atoms. The van der Waals surface area contributed by atoms with Crippen LogP contribution < -0.4 is 5.73 Å². The normalized spacial score (nSPS) is 11.7. The van der Waals surface area contributed by atoms with E-state index >= 15 is 0 Å². The molecule has 1 aromatic carbocycles. The molecule has 0 bridgehead atoms. The van der Waals surface area contributed by atoms with Crippen molar-refractivity contribution >= 4 is 0 Å². The minimum atomic E-state index is -0.305. The highest BCUT2D eigenvalue weighted by molar-refractivity contribution is 5.27. The SMILES string of the molecule is CC(C)(CN)c1nc(Cc2ccc(O)cc2)no1. The van der Waals surface area contributed by atoms with E-state index in [0.717, 1.165) is 5.56 Å². The van der Waals surface area contributed by atoms with Crippen LogP contribution in [0.1, 0.15) is 31.1 Å². The summed E-state index contributed by atoms with van der Waals surface area (Å²) in [4.78, 5) is 4.35. The van der Waals surface area contributed by atoms with E-state index in [1.165, 1.54) is 0 Å². The Bertz CT molecular complexity index is 517. The first kappa shape index (κ1) is 12.6. The van der Waals surface area contributed by atoms with Crippen molar-refractivity contribution in [3.05, 3.63) is 41.5 Å². The molecule has 0 radical (unpaired) electrons. The van der Waals surface area contributed by atoms with E-state index < -0.39 is 0 Å². The summed E-state index contributed by atoms with van der Waals surface area (Å²) in [7, 11) is 0. The molecular formula is C13H17N3O2. The molecule has 1 heterocycles. The number of hydrogen-bond donors (Lipinski definition) is 2. The molecule has 0 saturated heterocycles. The minimum Gasteiger partial charge on any atom is -0.508 e. The fourth-order valence-electron chi connectivity index (χ4n) is 1.48. The van der Waals surface area contributed by atoms with Gasteiger partial charge in [-0.25, -0.2) is 0 Å². The maximum atomic E-state index is 9.20. The zero-order chi connectivity index (χ0) is 13.2. The highest BCUT2D eigenvalue weighted by Gasteiger charge is 2.25. The predicted molar refractivity (Wildman–Crippen MR) is 67.3 cm³/mol. The van der Waals surface area contributed by atoms with Gasteiger partial charge >= 0.3 is 0 Å². The largest absolute Gasteiger partial charge is 0.508 e. The van der Waals surface area contributed by atoms with Crippen molar-refractivity contribution in [2.24, 2.45) is 5.73 Å². The Labute approximate surface area is 106 Å². The number of hydrogen-bond acceptors (Lipinski definition) is 5. The van der Waals surface area contributed by atoms with Gasteiger partial charge in [-0.05, 0) is 31.5 Å². The molecule has 0 saturated carbocycles. The van der Waals surface area contributed by atoms with Crippen LogP contribution in [-0.2, 0) is 11.8 Å². The lowest BCUT2D eigenvalue weighted by Crippen LogP contribution is -2.28. The summed E-state index contributed by atoms with van der Waals surface area (Å²) in [5, 5.41) is 13.1. The molecule has 0 atom stereocenters. The maximum Gasteiger partial charge on any atom is 0.233 e. The first-order chi connectivity index (χ1) is 8.51. The van der Waals surface area contributed by atoms with E-state index in [0.29, 0.717) is 24.7 Å². The Morgan fingerprint density at radius 3 is 2.56 bits per heavy atom. The molecule has 0 aliphatic rings. The van der Waals surface area contributed by atoms with E-state index in [1.807, 2.05) is 26.0 Å². The van der Waals surface area contributed by atoms with Crippen molar-refractivity contribution in [3.8, 4) is 5.75 Å². The van der Waals surface area contributed by atoms with Gasteiger partial charge in [0.15, 0.2) is 5.82 Å². The molecule has 0 amide bonds. The Morgan fingerprint density at radius 2 is 1.94 bits per heavy atom. The van der Waals surface area contributed by atoms with Crippen LogP contribution in [0.4, 0.5) is 0 Å². The topological polar surface area (TPSA) is 85.2 Å². The van der Waals surface area contributed by atoms with E-state index in [4.69, 9.17) is 10.3 Å². The number of nitrogens with two attached hydrogens (primary N) is 1.